The van der Waals surface area contributed by atoms with E-state index in [9.17, 15) is 9.59 Å². The number of amides is 2. The van der Waals surface area contributed by atoms with E-state index < -0.39 is 11.7 Å². The van der Waals surface area contributed by atoms with E-state index in [1.807, 2.05) is 20.8 Å². The Morgan fingerprint density at radius 2 is 1.89 bits per heavy atom. The second-order valence-corrected chi connectivity index (χ2v) is 5.90. The Morgan fingerprint density at radius 1 is 1.26 bits per heavy atom. The van der Waals surface area contributed by atoms with Crippen LogP contribution in [0.3, 0.4) is 0 Å². The Kier molecular flexibility index (Phi) is 5.60. The Hall–Kier alpha value is -1.30. The predicted octanol–water partition coefficient (Wildman–Crippen LogP) is 0.768. The molecule has 2 amide bonds. The number of rotatable bonds is 4. The molecule has 0 saturated carbocycles. The third-order valence-corrected chi connectivity index (χ3v) is 2.94. The molecule has 2 unspecified atom stereocenters. The number of carbonyl (C=O) groups is 2. The van der Waals surface area contributed by atoms with E-state index in [2.05, 4.69) is 16.0 Å². The summed E-state index contributed by atoms with van der Waals surface area (Å²) < 4.78 is 5.16. The van der Waals surface area contributed by atoms with Crippen molar-refractivity contribution in [2.45, 2.75) is 57.7 Å². The van der Waals surface area contributed by atoms with Crippen molar-refractivity contribution in [3.05, 3.63) is 0 Å². The number of nitrogens with one attached hydrogen (secondary N) is 3. The maximum Gasteiger partial charge on any atom is 0.407 e. The van der Waals surface area contributed by atoms with E-state index in [-0.39, 0.29) is 18.0 Å². The first-order valence-electron chi connectivity index (χ1n) is 6.73. The largest absolute Gasteiger partial charge is 0.444 e. The maximum absolute atomic E-state index is 11.5. The van der Waals surface area contributed by atoms with Crippen LogP contribution in [0.4, 0.5) is 4.79 Å². The highest BCUT2D eigenvalue weighted by molar-refractivity contribution is 5.76. The molecule has 6 nitrogen and oxygen atoms in total. The quantitative estimate of drug-likeness (QED) is 0.705. The van der Waals surface area contributed by atoms with Crippen LogP contribution in [-0.2, 0) is 9.53 Å². The minimum Gasteiger partial charge on any atom is -0.444 e. The highest BCUT2D eigenvalue weighted by Crippen LogP contribution is 2.14. The van der Waals surface area contributed by atoms with E-state index >= 15 is 0 Å². The van der Waals surface area contributed by atoms with Crippen LogP contribution >= 0.6 is 0 Å². The van der Waals surface area contributed by atoms with Crippen molar-refractivity contribution in [2.24, 2.45) is 0 Å². The van der Waals surface area contributed by atoms with Gasteiger partial charge < -0.3 is 20.7 Å². The lowest BCUT2D eigenvalue weighted by atomic mass is 10.1. The zero-order valence-corrected chi connectivity index (χ0v) is 12.2. The first-order valence-corrected chi connectivity index (χ1v) is 6.73. The average molecular weight is 271 g/mol. The Balaban J connectivity index is 2.22. The molecule has 0 aromatic heterocycles. The minimum absolute atomic E-state index is 0.0400. The first kappa shape index (κ1) is 15.8. The van der Waals surface area contributed by atoms with Crippen molar-refractivity contribution in [1.29, 1.82) is 0 Å². The monoisotopic (exact) mass is 271 g/mol. The van der Waals surface area contributed by atoms with Crippen LogP contribution in [0.1, 0.15) is 40.0 Å². The van der Waals surface area contributed by atoms with Crippen molar-refractivity contribution in [1.82, 2.24) is 16.0 Å². The second kappa shape index (κ2) is 6.75. The van der Waals surface area contributed by atoms with Gasteiger partial charge in [-0.05, 0) is 33.6 Å². The van der Waals surface area contributed by atoms with Crippen LogP contribution in [0.15, 0.2) is 0 Å². The number of hydrogen-bond acceptors (Lipinski definition) is 4. The number of carbonyl (C=O) groups excluding carboxylic acids is 2. The minimum atomic E-state index is -0.477. The molecule has 0 spiro atoms. The molecule has 1 fully saturated rings. The van der Waals surface area contributed by atoms with E-state index in [0.29, 0.717) is 13.0 Å². The maximum atomic E-state index is 11.5. The summed E-state index contributed by atoms with van der Waals surface area (Å²) in [6.45, 7) is 6.03. The van der Waals surface area contributed by atoms with Crippen LogP contribution in [-0.4, -0.2) is 43.3 Å². The van der Waals surface area contributed by atoms with E-state index in [1.165, 1.54) is 0 Å². The van der Waals surface area contributed by atoms with Crippen molar-refractivity contribution in [3.8, 4) is 0 Å². The van der Waals surface area contributed by atoms with Gasteiger partial charge in [-0.25, -0.2) is 4.79 Å². The lowest BCUT2D eigenvalue weighted by Gasteiger charge is -2.21. The van der Waals surface area contributed by atoms with Crippen LogP contribution in [0.2, 0.25) is 0 Å². The summed E-state index contributed by atoms with van der Waals surface area (Å²) >= 11 is 0. The molecule has 0 bridgehead atoms. The average Bonchev–Trinajstić information content (AvgIpc) is 2.71. The van der Waals surface area contributed by atoms with E-state index in [0.717, 1.165) is 12.8 Å². The molecular weight excluding hydrogens is 246 g/mol. The van der Waals surface area contributed by atoms with Crippen molar-refractivity contribution >= 4 is 12.0 Å². The summed E-state index contributed by atoms with van der Waals surface area (Å²) in [4.78, 5) is 22.8. The van der Waals surface area contributed by atoms with Gasteiger partial charge >= 0.3 is 6.09 Å². The van der Waals surface area contributed by atoms with Gasteiger partial charge in [0.25, 0.3) is 0 Å². The highest BCUT2D eigenvalue weighted by atomic mass is 16.6. The molecule has 0 radical (unpaired) electrons. The highest BCUT2D eigenvalue weighted by Gasteiger charge is 2.26. The SMILES string of the molecule is CNC(=O)CC1CCC(CNC(=O)OC(C)(C)C)N1. The Bertz CT molecular complexity index is 326. The van der Waals surface area contributed by atoms with Gasteiger partial charge in [-0.1, -0.05) is 0 Å². The van der Waals surface area contributed by atoms with Crippen molar-refractivity contribution in [2.75, 3.05) is 13.6 Å². The van der Waals surface area contributed by atoms with E-state index in [1.54, 1.807) is 7.05 Å². The summed E-state index contributed by atoms with van der Waals surface area (Å²) in [6, 6.07) is 0.410. The van der Waals surface area contributed by atoms with Gasteiger partial charge in [-0.3, -0.25) is 4.79 Å². The number of hydrogen-bond donors (Lipinski definition) is 3. The molecule has 1 heterocycles. The van der Waals surface area contributed by atoms with Crippen LogP contribution in [0, 0.1) is 0 Å². The number of alkyl carbamates (subject to hydrolysis) is 1. The molecule has 1 aliphatic rings. The molecule has 3 N–H and O–H groups in total. The molecular formula is C13H25N3O3. The molecule has 2 atom stereocenters. The summed E-state index contributed by atoms with van der Waals surface area (Å²) in [7, 11) is 1.64. The summed E-state index contributed by atoms with van der Waals surface area (Å²) in [6.07, 6.45) is 1.99. The first-order chi connectivity index (χ1) is 8.80. The molecule has 110 valence electrons. The third kappa shape index (κ3) is 6.42. The van der Waals surface area contributed by atoms with Crippen LogP contribution < -0.4 is 16.0 Å². The molecule has 0 aliphatic carbocycles. The van der Waals surface area contributed by atoms with Crippen LogP contribution in [0.5, 0.6) is 0 Å². The third-order valence-electron chi connectivity index (χ3n) is 2.94. The van der Waals surface area contributed by atoms with Gasteiger partial charge in [0.2, 0.25) is 5.91 Å². The standard InChI is InChI=1S/C13H25N3O3/c1-13(2,3)19-12(18)15-8-10-6-5-9(16-10)7-11(17)14-4/h9-10,16H,5-8H2,1-4H3,(H,14,17)(H,15,18). The smallest absolute Gasteiger partial charge is 0.407 e. The van der Waals surface area contributed by atoms with Gasteiger partial charge in [0.15, 0.2) is 0 Å². The Morgan fingerprint density at radius 3 is 2.47 bits per heavy atom. The fourth-order valence-electron chi connectivity index (χ4n) is 2.07. The predicted molar refractivity (Wildman–Crippen MR) is 72.9 cm³/mol. The molecule has 1 rings (SSSR count). The summed E-state index contributed by atoms with van der Waals surface area (Å²) in [5, 5.41) is 8.70. The van der Waals surface area contributed by atoms with Gasteiger partial charge in [0.05, 0.1) is 0 Å². The zero-order valence-electron chi connectivity index (χ0n) is 12.2. The van der Waals surface area contributed by atoms with Gasteiger partial charge in [0.1, 0.15) is 5.60 Å². The van der Waals surface area contributed by atoms with Crippen molar-refractivity contribution < 1.29 is 14.3 Å². The summed E-state index contributed by atoms with van der Waals surface area (Å²) in [5.41, 5.74) is -0.477. The fraction of sp³-hybridized carbons (Fsp3) is 0.846. The van der Waals surface area contributed by atoms with Gasteiger partial charge in [0, 0.05) is 32.1 Å². The molecule has 6 heteroatoms. The summed E-state index contributed by atoms with van der Waals surface area (Å²) in [5.74, 6) is 0.0400. The lowest BCUT2D eigenvalue weighted by Crippen LogP contribution is -2.42. The zero-order chi connectivity index (χ0) is 14.5. The lowest BCUT2D eigenvalue weighted by molar-refractivity contribution is -0.121. The molecule has 1 saturated heterocycles. The fourth-order valence-corrected chi connectivity index (χ4v) is 2.07. The van der Waals surface area contributed by atoms with Crippen molar-refractivity contribution in [3.63, 3.8) is 0 Å². The molecule has 19 heavy (non-hydrogen) atoms. The topological polar surface area (TPSA) is 79.5 Å². The van der Waals surface area contributed by atoms with E-state index in [4.69, 9.17) is 4.74 Å². The van der Waals surface area contributed by atoms with Gasteiger partial charge in [-0.2, -0.15) is 0 Å². The molecule has 1 aliphatic heterocycles. The Labute approximate surface area is 114 Å². The molecule has 0 aromatic carbocycles. The second-order valence-electron chi connectivity index (χ2n) is 5.90. The molecule has 0 aromatic rings. The normalized spacial score (nSPS) is 22.9. The van der Waals surface area contributed by atoms with Gasteiger partial charge in [-0.15, -0.1) is 0 Å². The van der Waals surface area contributed by atoms with Crippen LogP contribution in [0.25, 0.3) is 0 Å². The number of ether oxygens (including phenoxy) is 1.